The van der Waals surface area contributed by atoms with Crippen molar-refractivity contribution in [2.24, 2.45) is 0 Å². The molecule has 0 aromatic heterocycles. The van der Waals surface area contributed by atoms with Gasteiger partial charge in [0.1, 0.15) is 0 Å². The largest absolute Gasteiger partial charge is 0.310 e. The molecule has 1 nitrogen and oxygen atoms in total. The summed E-state index contributed by atoms with van der Waals surface area (Å²) >= 11 is 0. The zero-order valence-corrected chi connectivity index (χ0v) is 28.3. The quantitative estimate of drug-likeness (QED) is 0.175. The molecule has 1 aliphatic rings. The first kappa shape index (κ1) is 29.9. The van der Waals surface area contributed by atoms with E-state index in [9.17, 15) is 0 Å². The Kier molecular flexibility index (Phi) is 7.21. The molecule has 8 aromatic rings. The molecule has 0 fully saturated rings. The smallest absolute Gasteiger partial charge is 0.0546 e. The molecular formula is C49H37N. The molecule has 1 aliphatic carbocycles. The molecular weight excluding hydrogens is 603 g/mol. The van der Waals surface area contributed by atoms with Crippen molar-refractivity contribution in [1.82, 2.24) is 0 Å². The van der Waals surface area contributed by atoms with Gasteiger partial charge in [0.15, 0.2) is 0 Å². The summed E-state index contributed by atoms with van der Waals surface area (Å²) in [7, 11) is 0. The molecule has 0 radical (unpaired) electrons. The maximum absolute atomic E-state index is 2.46. The Morgan fingerprint density at radius 3 is 1.70 bits per heavy atom. The predicted molar refractivity (Wildman–Crippen MR) is 213 cm³/mol. The third-order valence-corrected chi connectivity index (χ3v) is 10.5. The summed E-state index contributed by atoms with van der Waals surface area (Å²) in [4.78, 5) is 2.46. The van der Waals surface area contributed by atoms with Gasteiger partial charge >= 0.3 is 0 Å². The minimum absolute atomic E-state index is 0.167. The van der Waals surface area contributed by atoms with E-state index in [1.165, 1.54) is 66.4 Å². The van der Waals surface area contributed by atoms with Gasteiger partial charge in [-0.15, -0.1) is 0 Å². The van der Waals surface area contributed by atoms with Gasteiger partial charge in [-0.3, -0.25) is 0 Å². The van der Waals surface area contributed by atoms with Crippen molar-refractivity contribution in [3.8, 4) is 44.5 Å². The fourth-order valence-electron chi connectivity index (χ4n) is 7.99. The summed E-state index contributed by atoms with van der Waals surface area (Å²) in [6.45, 7) is 4.75. The second-order valence-electron chi connectivity index (χ2n) is 13.7. The molecule has 9 rings (SSSR count). The van der Waals surface area contributed by atoms with Crippen molar-refractivity contribution in [3.63, 3.8) is 0 Å². The van der Waals surface area contributed by atoms with Crippen LogP contribution in [-0.2, 0) is 5.41 Å². The highest BCUT2D eigenvalue weighted by atomic mass is 15.1. The molecule has 8 aromatic carbocycles. The van der Waals surface area contributed by atoms with Crippen LogP contribution in [0.2, 0.25) is 0 Å². The number of hydrogen-bond acceptors (Lipinski definition) is 1. The van der Waals surface area contributed by atoms with Gasteiger partial charge in [0.25, 0.3) is 0 Å². The summed E-state index contributed by atoms with van der Waals surface area (Å²) in [5.74, 6) is 0. The highest BCUT2D eigenvalue weighted by Crippen LogP contribution is 2.54. The first-order valence-corrected chi connectivity index (χ1v) is 17.4. The van der Waals surface area contributed by atoms with Gasteiger partial charge in [0.05, 0.1) is 5.69 Å². The summed E-state index contributed by atoms with van der Waals surface area (Å²) in [5.41, 5.74) is 16.0. The molecule has 0 spiro atoms. The van der Waals surface area contributed by atoms with E-state index in [1.807, 2.05) is 0 Å². The minimum Gasteiger partial charge on any atom is -0.310 e. The van der Waals surface area contributed by atoms with E-state index < -0.39 is 0 Å². The fraction of sp³-hybridized carbons (Fsp3) is 0.0612. The molecule has 50 heavy (non-hydrogen) atoms. The first-order chi connectivity index (χ1) is 24.6. The van der Waals surface area contributed by atoms with Crippen molar-refractivity contribution >= 4 is 27.8 Å². The van der Waals surface area contributed by atoms with Crippen LogP contribution in [0.15, 0.2) is 188 Å². The van der Waals surface area contributed by atoms with E-state index >= 15 is 0 Å². The standard InChI is InChI=1S/C49H37N/c1-49(2)44-24-14-23-42(36-17-8-4-9-18-36)48(44)43-31-30-40(33-45(43)49)50(39-28-25-35(26-29-39)34-15-6-3-7-16-34)46-32-27-37-19-12-13-22-41(37)47(46)38-20-10-5-11-21-38/h3-33H,1-2H3. The average molecular weight is 640 g/mol. The Hall–Kier alpha value is -6.18. The molecule has 0 saturated carbocycles. The number of fused-ring (bicyclic) bond motifs is 4. The lowest BCUT2D eigenvalue weighted by molar-refractivity contribution is 0.660. The first-order valence-electron chi connectivity index (χ1n) is 17.4. The molecule has 238 valence electrons. The topological polar surface area (TPSA) is 3.24 Å². The predicted octanol–water partition coefficient (Wildman–Crippen LogP) is 13.6. The molecule has 0 amide bonds. The number of nitrogens with zero attached hydrogens (tertiary/aromatic N) is 1. The molecule has 0 atom stereocenters. The Balaban J connectivity index is 1.28. The van der Waals surface area contributed by atoms with Crippen molar-refractivity contribution in [3.05, 3.63) is 199 Å². The van der Waals surface area contributed by atoms with E-state index in [1.54, 1.807) is 0 Å². The van der Waals surface area contributed by atoms with Crippen LogP contribution in [0.25, 0.3) is 55.3 Å². The van der Waals surface area contributed by atoms with Crippen LogP contribution in [0.4, 0.5) is 17.1 Å². The fourth-order valence-corrected chi connectivity index (χ4v) is 7.99. The number of anilines is 3. The molecule has 1 heteroatoms. The second-order valence-corrected chi connectivity index (χ2v) is 13.7. The Labute approximate surface area is 294 Å². The Morgan fingerprint density at radius 2 is 0.980 bits per heavy atom. The van der Waals surface area contributed by atoms with E-state index in [4.69, 9.17) is 0 Å². The van der Waals surface area contributed by atoms with Crippen LogP contribution >= 0.6 is 0 Å². The summed E-state index contributed by atoms with van der Waals surface area (Å²) < 4.78 is 0. The van der Waals surface area contributed by atoms with Gasteiger partial charge in [0, 0.05) is 22.4 Å². The van der Waals surface area contributed by atoms with Crippen molar-refractivity contribution < 1.29 is 0 Å². The van der Waals surface area contributed by atoms with E-state index in [-0.39, 0.29) is 5.41 Å². The lowest BCUT2D eigenvalue weighted by atomic mass is 9.81. The number of hydrogen-bond donors (Lipinski definition) is 0. The third-order valence-electron chi connectivity index (χ3n) is 10.5. The lowest BCUT2D eigenvalue weighted by Gasteiger charge is -2.30. The lowest BCUT2D eigenvalue weighted by Crippen LogP contribution is -2.17. The zero-order chi connectivity index (χ0) is 33.7. The maximum Gasteiger partial charge on any atom is 0.0546 e. The summed E-state index contributed by atoms with van der Waals surface area (Å²) in [6, 6.07) is 68.5. The van der Waals surface area contributed by atoms with Crippen LogP contribution in [0.1, 0.15) is 25.0 Å². The highest BCUT2D eigenvalue weighted by molar-refractivity contribution is 6.05. The van der Waals surface area contributed by atoms with Gasteiger partial charge in [-0.25, -0.2) is 0 Å². The zero-order valence-electron chi connectivity index (χ0n) is 28.3. The molecule has 0 bridgehead atoms. The SMILES string of the molecule is CC1(C)c2cc(N(c3ccc(-c4ccccc4)cc3)c3ccc4ccccc4c3-c3ccccc3)ccc2-c2c(-c3ccccc3)cccc21. The summed E-state index contributed by atoms with van der Waals surface area (Å²) in [5, 5.41) is 2.47. The van der Waals surface area contributed by atoms with E-state index in [2.05, 4.69) is 207 Å². The maximum atomic E-state index is 2.46. The van der Waals surface area contributed by atoms with Gasteiger partial charge in [-0.1, -0.05) is 172 Å². The third kappa shape index (κ3) is 4.94. The van der Waals surface area contributed by atoms with Crippen molar-refractivity contribution in [2.75, 3.05) is 4.90 Å². The average Bonchev–Trinajstić information content (AvgIpc) is 3.41. The van der Waals surface area contributed by atoms with Crippen LogP contribution in [-0.4, -0.2) is 0 Å². The highest BCUT2D eigenvalue weighted by Gasteiger charge is 2.37. The van der Waals surface area contributed by atoms with Crippen LogP contribution < -0.4 is 4.90 Å². The van der Waals surface area contributed by atoms with Crippen LogP contribution in [0.5, 0.6) is 0 Å². The van der Waals surface area contributed by atoms with Gasteiger partial charge in [-0.05, 0) is 91.2 Å². The van der Waals surface area contributed by atoms with Crippen molar-refractivity contribution in [2.45, 2.75) is 19.3 Å². The summed E-state index contributed by atoms with van der Waals surface area (Å²) in [6.07, 6.45) is 0. The van der Waals surface area contributed by atoms with Crippen LogP contribution in [0, 0.1) is 0 Å². The monoisotopic (exact) mass is 639 g/mol. The Morgan fingerprint density at radius 1 is 0.380 bits per heavy atom. The molecule has 0 heterocycles. The van der Waals surface area contributed by atoms with E-state index in [0.717, 1.165) is 17.1 Å². The molecule has 0 unspecified atom stereocenters. The van der Waals surface area contributed by atoms with Gasteiger partial charge in [-0.2, -0.15) is 0 Å². The molecule has 0 aliphatic heterocycles. The van der Waals surface area contributed by atoms with E-state index in [0.29, 0.717) is 0 Å². The molecule has 0 N–H and O–H groups in total. The second kappa shape index (κ2) is 12.1. The van der Waals surface area contributed by atoms with Crippen molar-refractivity contribution in [1.29, 1.82) is 0 Å². The normalized spacial score (nSPS) is 12.8. The molecule has 0 saturated heterocycles. The number of rotatable bonds is 6. The minimum atomic E-state index is -0.167. The van der Waals surface area contributed by atoms with Crippen LogP contribution in [0.3, 0.4) is 0 Å². The van der Waals surface area contributed by atoms with Gasteiger partial charge in [0.2, 0.25) is 0 Å². The Bertz CT molecular complexity index is 2480. The van der Waals surface area contributed by atoms with Gasteiger partial charge < -0.3 is 4.90 Å². The number of benzene rings is 8.